The highest BCUT2D eigenvalue weighted by Gasteiger charge is 2.70. The summed E-state index contributed by atoms with van der Waals surface area (Å²) in [6.45, 7) is 1.93. The van der Waals surface area contributed by atoms with Crippen molar-refractivity contribution in [1.82, 2.24) is 0 Å². The minimum Gasteiger partial charge on any atom is -0.410 e. The third kappa shape index (κ3) is 5.69. The fourth-order valence-electron chi connectivity index (χ4n) is 10.4. The first-order valence-corrected chi connectivity index (χ1v) is 21.9. The number of hydrogen-bond acceptors (Lipinski definition) is 3. The summed E-state index contributed by atoms with van der Waals surface area (Å²) in [6.07, 6.45) is 0.886. The van der Waals surface area contributed by atoms with Crippen LogP contribution in [-0.4, -0.2) is 0 Å². The fourth-order valence-corrected chi connectivity index (χ4v) is 10.4. The predicted octanol–water partition coefficient (Wildman–Crippen LogP) is 14.9. The van der Waals surface area contributed by atoms with E-state index in [9.17, 15) is 12.3 Å². The molecule has 6 aromatic carbocycles. The van der Waals surface area contributed by atoms with E-state index in [4.69, 9.17) is 8.85 Å². The van der Waals surface area contributed by atoms with Crippen molar-refractivity contribution in [2.24, 2.45) is 0 Å². The van der Waals surface area contributed by atoms with Crippen LogP contribution in [0.4, 0.5) is 17.1 Å². The summed E-state index contributed by atoms with van der Waals surface area (Å²) in [5.41, 5.74) is 5.56. The van der Waals surface area contributed by atoms with Crippen molar-refractivity contribution >= 4 is 17.1 Å². The Morgan fingerprint density at radius 1 is 0.540 bits per heavy atom. The van der Waals surface area contributed by atoms with Crippen LogP contribution in [0.3, 0.4) is 0 Å². The van der Waals surface area contributed by atoms with Crippen LogP contribution >= 0.6 is 0 Å². The van der Waals surface area contributed by atoms with Gasteiger partial charge in [-0.15, -0.1) is 4.57 Å². The molecule has 4 heteroatoms. The maximum Gasteiger partial charge on any atom is 0.432 e. The monoisotopic (exact) mass is 839 g/mol. The Bertz CT molecular complexity index is 3460. The summed E-state index contributed by atoms with van der Waals surface area (Å²) in [4.78, 5) is 4.34. The van der Waals surface area contributed by atoms with Crippen LogP contribution in [0, 0.1) is 0 Å². The number of pyridine rings is 1. The Labute approximate surface area is 391 Å². The second-order valence-electron chi connectivity index (χ2n) is 20.4. The molecule has 4 nitrogen and oxygen atoms in total. The van der Waals surface area contributed by atoms with Gasteiger partial charge in [0.05, 0.1) is 22.6 Å². The largest absolute Gasteiger partial charge is 0.432 e. The third-order valence-electron chi connectivity index (χ3n) is 13.6. The molecule has 4 aliphatic rings. The number of rotatable bonds is 3. The van der Waals surface area contributed by atoms with Gasteiger partial charge in [-0.05, 0) is 91.4 Å². The minimum atomic E-state index is -3.74. The SMILES string of the molecule is [2H]C([2H])([2H])C(C)(C)c1cc2c(c(C(C([2H])([2H])[2H])(C([2H])([2H])[2H])C([2H])([2H])[2H])c1)OC13c4c(cc(C(C)(C)C)cc4-c4cc(-c5ccccc5)cc[n+]41)-c1cccc4c1N3C2N4c1ccc(C(C)(C)C)cc1-c1ccccc1. The lowest BCUT2D eigenvalue weighted by atomic mass is 9.77. The van der Waals surface area contributed by atoms with Crippen molar-refractivity contribution in [3.63, 3.8) is 0 Å². The zero-order chi connectivity index (χ0) is 54.2. The van der Waals surface area contributed by atoms with Gasteiger partial charge in [-0.1, -0.05) is 168 Å². The van der Waals surface area contributed by atoms with Gasteiger partial charge in [0.15, 0.2) is 6.20 Å². The molecule has 1 spiro atoms. The lowest BCUT2D eigenvalue weighted by Gasteiger charge is -2.49. The average molecular weight is 839 g/mol. The Balaban J connectivity index is 1.38. The van der Waals surface area contributed by atoms with E-state index >= 15 is 0 Å². The molecule has 4 aliphatic heterocycles. The summed E-state index contributed by atoms with van der Waals surface area (Å²) in [5.74, 6) is -2.04. The molecule has 0 bridgehead atoms. The number of ether oxygens (including phenoxy) is 1. The van der Waals surface area contributed by atoms with Gasteiger partial charge in [0.25, 0.3) is 0 Å². The molecule has 0 aliphatic carbocycles. The maximum absolute atomic E-state index is 9.22. The number of aromatic nitrogens is 1. The van der Waals surface area contributed by atoms with Crippen LogP contribution in [0.1, 0.15) is 139 Å². The second kappa shape index (κ2) is 13.0. The normalized spacial score (nSPS) is 21.7. The Morgan fingerprint density at radius 2 is 1.19 bits per heavy atom. The average Bonchev–Trinajstić information content (AvgIpc) is 3.83. The van der Waals surface area contributed by atoms with E-state index in [1.807, 2.05) is 89.6 Å². The van der Waals surface area contributed by atoms with Crippen LogP contribution in [0.2, 0.25) is 0 Å². The molecule has 0 radical (unpaired) electrons. The van der Waals surface area contributed by atoms with Gasteiger partial charge in [0, 0.05) is 56.4 Å². The van der Waals surface area contributed by atoms with Crippen molar-refractivity contribution < 1.29 is 25.8 Å². The van der Waals surface area contributed by atoms with Gasteiger partial charge < -0.3 is 9.64 Å². The van der Waals surface area contributed by atoms with Crippen LogP contribution in [0.5, 0.6) is 5.75 Å². The lowest BCUT2D eigenvalue weighted by molar-refractivity contribution is -0.774. The highest BCUT2D eigenvalue weighted by atomic mass is 16.5. The number of para-hydroxylation sites is 1. The molecule has 63 heavy (non-hydrogen) atoms. The van der Waals surface area contributed by atoms with Crippen molar-refractivity contribution in [2.45, 2.75) is 116 Å². The summed E-state index contributed by atoms with van der Waals surface area (Å²) < 4.78 is 120. The number of fused-ring (bicyclic) bond motifs is 5. The molecular formula is C59H60N3O+. The molecule has 2 unspecified atom stereocenters. The quantitative estimate of drug-likeness (QED) is 0.165. The number of hydrogen-bond donors (Lipinski definition) is 0. The van der Waals surface area contributed by atoms with Crippen LogP contribution in [0.25, 0.3) is 44.6 Å². The minimum absolute atomic E-state index is 0.0281. The van der Waals surface area contributed by atoms with Gasteiger partial charge in [-0.25, -0.2) is 4.90 Å². The molecule has 0 amide bonds. The first-order chi connectivity index (χ1) is 34.8. The topological polar surface area (TPSA) is 19.6 Å². The first-order valence-electron chi connectivity index (χ1n) is 27.9. The Morgan fingerprint density at radius 3 is 1.87 bits per heavy atom. The second-order valence-corrected chi connectivity index (χ2v) is 20.4. The number of benzene rings is 6. The molecule has 0 fully saturated rings. The predicted molar refractivity (Wildman–Crippen MR) is 261 cm³/mol. The van der Waals surface area contributed by atoms with Crippen molar-refractivity contribution in [3.8, 4) is 50.4 Å². The Kier molecular flexibility index (Phi) is 5.88. The number of nitrogens with zero attached hydrogens (tertiary/aromatic N) is 3. The standard InChI is InChI=1S/C59H60N3O/c1-55(2,3)39-26-27-48(43(31-39)37-22-17-14-18-23-37)61-49-25-19-24-42-44-32-40(56(4,5)6)33-45-50-30-38(36-20-15-13-16-21-36)28-29-60(50)59(51(44)45)62(52(42)49)54(61)46-34-41(57(7,8)9)35-47(53(46)63-59)58(10,11)12/h13-35,54H,1-12H3/q+1/i7D3,10D3,11D3,12D3. The van der Waals surface area contributed by atoms with E-state index in [2.05, 4.69) is 93.8 Å². The number of anilines is 3. The molecule has 316 valence electrons. The van der Waals surface area contributed by atoms with Gasteiger partial charge in [0.1, 0.15) is 17.5 Å². The van der Waals surface area contributed by atoms with Crippen molar-refractivity contribution in [1.29, 1.82) is 0 Å². The Hall–Kier alpha value is -6.13. The molecule has 5 heterocycles. The molecule has 7 aromatic rings. The van der Waals surface area contributed by atoms with Gasteiger partial charge in [-0.3, -0.25) is 0 Å². The van der Waals surface area contributed by atoms with E-state index in [1.165, 1.54) is 19.9 Å². The van der Waals surface area contributed by atoms with Crippen molar-refractivity contribution in [2.75, 3.05) is 9.80 Å². The summed E-state index contributed by atoms with van der Waals surface area (Å²) in [6, 6.07) is 43.8. The molecule has 2 atom stereocenters. The van der Waals surface area contributed by atoms with Crippen LogP contribution in [-0.2, 0) is 27.5 Å². The van der Waals surface area contributed by atoms with E-state index in [0.29, 0.717) is 5.56 Å². The lowest BCUT2D eigenvalue weighted by Crippen LogP contribution is -2.71. The molecule has 0 saturated carbocycles. The van der Waals surface area contributed by atoms with Gasteiger partial charge >= 0.3 is 5.85 Å². The highest BCUT2D eigenvalue weighted by Crippen LogP contribution is 2.68. The third-order valence-corrected chi connectivity index (χ3v) is 13.6. The molecule has 11 rings (SSSR count). The molecular weight excluding hydrogens is 767 g/mol. The highest BCUT2D eigenvalue weighted by molar-refractivity contribution is 6.03. The van der Waals surface area contributed by atoms with Crippen LogP contribution in [0.15, 0.2) is 140 Å². The summed E-state index contributed by atoms with van der Waals surface area (Å²) >= 11 is 0. The van der Waals surface area contributed by atoms with E-state index < -0.39 is 55.8 Å². The van der Waals surface area contributed by atoms with Crippen molar-refractivity contribution in [3.05, 3.63) is 173 Å². The summed E-state index contributed by atoms with van der Waals surface area (Å²) in [5, 5.41) is 0. The fraction of sp³-hybridized carbons (Fsp3) is 0.305. The zero-order valence-electron chi connectivity index (χ0n) is 49.1. The maximum atomic E-state index is 9.22. The molecule has 1 aromatic heterocycles. The summed E-state index contributed by atoms with van der Waals surface area (Å²) in [7, 11) is 0. The zero-order valence-corrected chi connectivity index (χ0v) is 37.1. The van der Waals surface area contributed by atoms with E-state index in [1.54, 1.807) is 6.07 Å². The van der Waals surface area contributed by atoms with Gasteiger partial charge in [-0.2, -0.15) is 0 Å². The smallest absolute Gasteiger partial charge is 0.410 e. The van der Waals surface area contributed by atoms with E-state index in [0.717, 1.165) is 72.8 Å². The van der Waals surface area contributed by atoms with Crippen LogP contribution < -0.4 is 19.1 Å². The first kappa shape index (κ1) is 28.5. The van der Waals surface area contributed by atoms with E-state index in [-0.39, 0.29) is 27.7 Å². The molecule has 0 N–H and O–H groups in total. The molecule has 0 saturated heterocycles. The van der Waals surface area contributed by atoms with Gasteiger partial charge in [0.2, 0.25) is 5.69 Å².